The third kappa shape index (κ3) is 4.17. The van der Waals surface area contributed by atoms with Gasteiger partial charge in [-0.15, -0.1) is 0 Å². The fourth-order valence-electron chi connectivity index (χ4n) is 2.89. The standard InChI is InChI=1S/C19H18ClFN2O2/c20-14-5-8-16(17(12-14)23-11-1-2-18(23)24)19(25)22-10-9-13-3-6-15(21)7-4-13/h3-8,12H,1-2,9-11H2,(H,22,25). The molecule has 1 aliphatic heterocycles. The molecule has 0 radical (unpaired) electrons. The molecule has 1 heterocycles. The summed E-state index contributed by atoms with van der Waals surface area (Å²) in [5.41, 5.74) is 1.92. The van der Waals surface area contributed by atoms with Crippen LogP contribution < -0.4 is 10.2 Å². The Kier molecular flexibility index (Phi) is 5.34. The molecule has 1 saturated heterocycles. The summed E-state index contributed by atoms with van der Waals surface area (Å²) in [6.07, 6.45) is 1.85. The zero-order chi connectivity index (χ0) is 17.8. The second-order valence-electron chi connectivity index (χ2n) is 5.94. The molecule has 2 amide bonds. The Labute approximate surface area is 150 Å². The van der Waals surface area contributed by atoms with Crippen LogP contribution >= 0.6 is 11.6 Å². The molecule has 1 fully saturated rings. The first kappa shape index (κ1) is 17.4. The average Bonchev–Trinajstić information content (AvgIpc) is 3.02. The van der Waals surface area contributed by atoms with Gasteiger partial charge in [0.15, 0.2) is 0 Å². The molecule has 0 atom stereocenters. The van der Waals surface area contributed by atoms with Crippen molar-refractivity contribution in [2.24, 2.45) is 0 Å². The van der Waals surface area contributed by atoms with E-state index in [0.29, 0.717) is 42.2 Å². The van der Waals surface area contributed by atoms with Gasteiger partial charge >= 0.3 is 0 Å². The third-order valence-corrected chi connectivity index (χ3v) is 4.42. The van der Waals surface area contributed by atoms with E-state index in [4.69, 9.17) is 11.6 Å². The first-order valence-electron chi connectivity index (χ1n) is 8.17. The van der Waals surface area contributed by atoms with Gasteiger partial charge in [-0.25, -0.2) is 4.39 Å². The van der Waals surface area contributed by atoms with Gasteiger partial charge in [0.2, 0.25) is 5.91 Å². The van der Waals surface area contributed by atoms with Crippen LogP contribution in [0.2, 0.25) is 5.02 Å². The largest absolute Gasteiger partial charge is 0.352 e. The molecule has 2 aromatic carbocycles. The molecule has 25 heavy (non-hydrogen) atoms. The molecule has 1 aliphatic rings. The number of carbonyl (C=O) groups excluding carboxylic acids is 2. The van der Waals surface area contributed by atoms with E-state index in [-0.39, 0.29) is 17.6 Å². The van der Waals surface area contributed by atoms with Gasteiger partial charge in [-0.1, -0.05) is 23.7 Å². The molecule has 0 aliphatic carbocycles. The predicted molar refractivity (Wildman–Crippen MR) is 95.5 cm³/mol. The minimum absolute atomic E-state index is 0.00243. The number of rotatable bonds is 5. The number of nitrogens with one attached hydrogen (secondary N) is 1. The summed E-state index contributed by atoms with van der Waals surface area (Å²) < 4.78 is 12.9. The summed E-state index contributed by atoms with van der Waals surface area (Å²) in [5, 5.41) is 3.33. The van der Waals surface area contributed by atoms with E-state index in [1.807, 2.05) is 0 Å². The minimum atomic E-state index is -0.283. The molecular weight excluding hydrogens is 343 g/mol. The molecule has 0 unspecified atom stereocenters. The first-order valence-corrected chi connectivity index (χ1v) is 8.55. The molecule has 0 aromatic heterocycles. The lowest BCUT2D eigenvalue weighted by atomic mass is 10.1. The van der Waals surface area contributed by atoms with Gasteiger partial charge in [-0.2, -0.15) is 0 Å². The number of nitrogens with zero attached hydrogens (tertiary/aromatic N) is 1. The maximum absolute atomic E-state index is 12.9. The van der Waals surface area contributed by atoms with Crippen molar-refractivity contribution in [3.8, 4) is 0 Å². The molecule has 4 nitrogen and oxygen atoms in total. The van der Waals surface area contributed by atoms with E-state index >= 15 is 0 Å². The van der Waals surface area contributed by atoms with E-state index in [2.05, 4.69) is 5.32 Å². The quantitative estimate of drug-likeness (QED) is 0.886. The number of halogens is 2. The van der Waals surface area contributed by atoms with Gasteiger partial charge in [-0.3, -0.25) is 9.59 Å². The zero-order valence-electron chi connectivity index (χ0n) is 13.6. The van der Waals surface area contributed by atoms with Crippen LogP contribution in [0.3, 0.4) is 0 Å². The Morgan fingerprint density at radius 3 is 2.64 bits per heavy atom. The molecule has 3 rings (SSSR count). The second kappa shape index (κ2) is 7.66. The van der Waals surface area contributed by atoms with Crippen LogP contribution in [0, 0.1) is 5.82 Å². The highest BCUT2D eigenvalue weighted by Crippen LogP contribution is 2.28. The summed E-state index contributed by atoms with van der Waals surface area (Å²) in [4.78, 5) is 26.2. The normalized spacial score (nSPS) is 14.0. The van der Waals surface area contributed by atoms with Gasteiger partial charge in [-0.05, 0) is 48.7 Å². The predicted octanol–water partition coefficient (Wildman–Crippen LogP) is 3.58. The number of anilines is 1. The van der Waals surface area contributed by atoms with Gasteiger partial charge in [0.25, 0.3) is 5.91 Å². The number of carbonyl (C=O) groups is 2. The van der Waals surface area contributed by atoms with Crippen LogP contribution in [0.5, 0.6) is 0 Å². The number of benzene rings is 2. The van der Waals surface area contributed by atoms with Crippen molar-refractivity contribution in [3.05, 3.63) is 64.4 Å². The van der Waals surface area contributed by atoms with E-state index in [0.717, 1.165) is 12.0 Å². The van der Waals surface area contributed by atoms with E-state index in [9.17, 15) is 14.0 Å². The fraction of sp³-hybridized carbons (Fsp3) is 0.263. The molecule has 0 bridgehead atoms. The molecule has 0 spiro atoms. The van der Waals surface area contributed by atoms with Crippen molar-refractivity contribution in [2.75, 3.05) is 18.0 Å². The summed E-state index contributed by atoms with van der Waals surface area (Å²) in [5.74, 6) is -0.537. The maximum Gasteiger partial charge on any atom is 0.253 e. The Bertz CT molecular complexity index is 793. The van der Waals surface area contributed by atoms with Crippen LogP contribution in [-0.2, 0) is 11.2 Å². The zero-order valence-corrected chi connectivity index (χ0v) is 14.4. The molecule has 2 aromatic rings. The van der Waals surface area contributed by atoms with E-state index < -0.39 is 0 Å². The summed E-state index contributed by atoms with van der Waals surface area (Å²) >= 11 is 6.04. The van der Waals surface area contributed by atoms with Gasteiger partial charge < -0.3 is 10.2 Å². The molecule has 0 saturated carbocycles. The Balaban J connectivity index is 1.69. The molecule has 130 valence electrons. The van der Waals surface area contributed by atoms with Gasteiger partial charge in [0.1, 0.15) is 5.82 Å². The SMILES string of the molecule is O=C(NCCc1ccc(F)cc1)c1ccc(Cl)cc1N1CCCC1=O. The first-order chi connectivity index (χ1) is 12.0. The van der Waals surface area contributed by atoms with Gasteiger partial charge in [0, 0.05) is 24.5 Å². The number of hydrogen-bond donors (Lipinski definition) is 1. The fourth-order valence-corrected chi connectivity index (χ4v) is 3.06. The smallest absolute Gasteiger partial charge is 0.253 e. The van der Waals surface area contributed by atoms with Crippen molar-refractivity contribution in [1.29, 1.82) is 0 Å². The third-order valence-electron chi connectivity index (χ3n) is 4.18. The Hall–Kier alpha value is -2.40. The van der Waals surface area contributed by atoms with Crippen molar-refractivity contribution in [2.45, 2.75) is 19.3 Å². The summed E-state index contributed by atoms with van der Waals surface area (Å²) in [6, 6.07) is 11.1. The van der Waals surface area contributed by atoms with Crippen LogP contribution in [0.25, 0.3) is 0 Å². The van der Waals surface area contributed by atoms with Crippen LogP contribution in [0.15, 0.2) is 42.5 Å². The highest BCUT2D eigenvalue weighted by Gasteiger charge is 2.26. The van der Waals surface area contributed by atoms with Crippen molar-refractivity contribution in [3.63, 3.8) is 0 Å². The van der Waals surface area contributed by atoms with Crippen molar-refractivity contribution >= 4 is 29.1 Å². The monoisotopic (exact) mass is 360 g/mol. The summed E-state index contributed by atoms with van der Waals surface area (Å²) in [7, 11) is 0. The summed E-state index contributed by atoms with van der Waals surface area (Å²) in [6.45, 7) is 1.01. The lowest BCUT2D eigenvalue weighted by molar-refractivity contribution is -0.117. The van der Waals surface area contributed by atoms with Crippen LogP contribution in [0.4, 0.5) is 10.1 Å². The van der Waals surface area contributed by atoms with E-state index in [1.165, 1.54) is 12.1 Å². The van der Waals surface area contributed by atoms with Crippen molar-refractivity contribution in [1.82, 2.24) is 5.32 Å². The van der Waals surface area contributed by atoms with Crippen LogP contribution in [-0.4, -0.2) is 24.9 Å². The second-order valence-corrected chi connectivity index (χ2v) is 6.38. The number of amides is 2. The topological polar surface area (TPSA) is 49.4 Å². The molecule has 1 N–H and O–H groups in total. The minimum Gasteiger partial charge on any atom is -0.352 e. The highest BCUT2D eigenvalue weighted by atomic mass is 35.5. The van der Waals surface area contributed by atoms with Gasteiger partial charge in [0.05, 0.1) is 11.3 Å². The maximum atomic E-state index is 12.9. The molecule has 6 heteroatoms. The Morgan fingerprint density at radius 2 is 1.96 bits per heavy atom. The van der Waals surface area contributed by atoms with E-state index in [1.54, 1.807) is 35.2 Å². The number of hydrogen-bond acceptors (Lipinski definition) is 2. The van der Waals surface area contributed by atoms with Crippen LogP contribution in [0.1, 0.15) is 28.8 Å². The highest BCUT2D eigenvalue weighted by molar-refractivity contribution is 6.31. The lowest BCUT2D eigenvalue weighted by Gasteiger charge is -2.19. The lowest BCUT2D eigenvalue weighted by Crippen LogP contribution is -2.30. The van der Waals surface area contributed by atoms with Crippen molar-refractivity contribution < 1.29 is 14.0 Å². The Morgan fingerprint density at radius 1 is 1.20 bits per heavy atom. The molecular formula is C19H18ClFN2O2. The average molecular weight is 361 g/mol.